The summed E-state index contributed by atoms with van der Waals surface area (Å²) in [6.45, 7) is 0.546. The van der Waals surface area contributed by atoms with Crippen molar-refractivity contribution >= 4 is 17.6 Å². The van der Waals surface area contributed by atoms with E-state index in [1.54, 1.807) is 0 Å². The van der Waals surface area contributed by atoms with Crippen LogP contribution in [0.4, 0.5) is 4.79 Å². The molecule has 4 heteroatoms. The summed E-state index contributed by atoms with van der Waals surface area (Å²) in [5, 5.41) is 5.84. The summed E-state index contributed by atoms with van der Waals surface area (Å²) >= 11 is 5.56. The second-order valence-corrected chi connectivity index (χ2v) is 6.92. The number of carbonyl (C=O) groups excluding carboxylic acids is 1. The summed E-state index contributed by atoms with van der Waals surface area (Å²) in [4.78, 5) is 11.6. The molecule has 0 saturated heterocycles. The Morgan fingerprint density at radius 1 is 0.950 bits per heavy atom. The van der Waals surface area contributed by atoms with Crippen LogP contribution < -0.4 is 10.6 Å². The first-order chi connectivity index (χ1) is 9.78. The second-order valence-electron chi connectivity index (χ2n) is 6.55. The van der Waals surface area contributed by atoms with Crippen LogP contribution in [0.5, 0.6) is 0 Å². The third kappa shape index (κ3) is 5.51. The van der Waals surface area contributed by atoms with Gasteiger partial charge in [-0.2, -0.15) is 0 Å². The van der Waals surface area contributed by atoms with Gasteiger partial charge in [0.25, 0.3) is 0 Å². The Balaban J connectivity index is 1.60. The fraction of sp³-hybridized carbons (Fsp3) is 0.938. The van der Waals surface area contributed by atoms with Crippen molar-refractivity contribution in [2.24, 2.45) is 11.8 Å². The van der Waals surface area contributed by atoms with E-state index in [0.717, 1.165) is 24.7 Å². The lowest BCUT2D eigenvalue weighted by Gasteiger charge is -2.32. The number of rotatable bonds is 5. The van der Waals surface area contributed by atoms with E-state index in [1.165, 1.54) is 51.4 Å². The second kappa shape index (κ2) is 8.76. The van der Waals surface area contributed by atoms with Crippen molar-refractivity contribution in [3.05, 3.63) is 0 Å². The van der Waals surface area contributed by atoms with Gasteiger partial charge in [0.15, 0.2) is 0 Å². The Hall–Kier alpha value is -0.440. The van der Waals surface area contributed by atoms with Gasteiger partial charge in [0.1, 0.15) is 0 Å². The molecule has 2 fully saturated rings. The van der Waals surface area contributed by atoms with E-state index < -0.39 is 0 Å². The molecule has 0 bridgehead atoms. The minimum Gasteiger partial charge on any atom is -0.337 e. The van der Waals surface area contributed by atoms with Crippen LogP contribution in [0.15, 0.2) is 0 Å². The van der Waals surface area contributed by atoms with Crippen LogP contribution in [0.25, 0.3) is 0 Å². The van der Waals surface area contributed by atoms with Gasteiger partial charge < -0.3 is 10.6 Å². The molecule has 0 aromatic carbocycles. The van der Waals surface area contributed by atoms with Crippen LogP contribution in [0.3, 0.4) is 0 Å². The van der Waals surface area contributed by atoms with Gasteiger partial charge in [-0.3, -0.25) is 0 Å². The van der Waals surface area contributed by atoms with Crippen molar-refractivity contribution in [2.75, 3.05) is 12.4 Å². The fourth-order valence-electron chi connectivity index (χ4n) is 3.83. The molecule has 0 spiro atoms. The van der Waals surface area contributed by atoms with Crippen molar-refractivity contribution < 1.29 is 4.79 Å². The summed E-state index contributed by atoms with van der Waals surface area (Å²) < 4.78 is 0. The fourth-order valence-corrected chi connectivity index (χ4v) is 3.93. The van der Waals surface area contributed by atoms with E-state index in [4.69, 9.17) is 11.6 Å². The maximum atomic E-state index is 11.6. The Labute approximate surface area is 128 Å². The predicted molar refractivity (Wildman–Crippen MR) is 84.2 cm³/mol. The lowest BCUT2D eigenvalue weighted by Crippen LogP contribution is -2.44. The Morgan fingerprint density at radius 3 is 2.25 bits per heavy atom. The predicted octanol–water partition coefficient (Wildman–Crippen LogP) is 4.05. The molecule has 3 nitrogen and oxygen atoms in total. The Bertz CT molecular complexity index is 284. The number of urea groups is 1. The largest absolute Gasteiger partial charge is 0.337 e. The maximum Gasteiger partial charge on any atom is 0.315 e. The van der Waals surface area contributed by atoms with Crippen molar-refractivity contribution in [3.63, 3.8) is 0 Å². The number of amides is 2. The summed E-state index contributed by atoms with van der Waals surface area (Å²) in [7, 11) is 0. The first kappa shape index (κ1) is 15.9. The van der Waals surface area contributed by atoms with E-state index in [-0.39, 0.29) is 6.03 Å². The smallest absolute Gasteiger partial charge is 0.315 e. The number of hydrogen-bond acceptors (Lipinski definition) is 1. The number of nitrogens with one attached hydrogen (secondary N) is 2. The van der Waals surface area contributed by atoms with E-state index in [9.17, 15) is 4.79 Å². The number of halogens is 1. The molecule has 20 heavy (non-hydrogen) atoms. The normalized spacial score (nSPS) is 28.1. The number of hydrogen-bond donors (Lipinski definition) is 2. The molecule has 2 saturated carbocycles. The molecule has 0 heterocycles. The highest BCUT2D eigenvalue weighted by molar-refractivity contribution is 6.18. The summed E-state index contributed by atoms with van der Waals surface area (Å²) in [6.07, 6.45) is 13.6. The highest BCUT2D eigenvalue weighted by atomic mass is 35.5. The molecule has 0 unspecified atom stereocenters. The Morgan fingerprint density at radius 2 is 1.60 bits per heavy atom. The van der Waals surface area contributed by atoms with Gasteiger partial charge in [-0.1, -0.05) is 32.1 Å². The number of alkyl halides is 1. The molecule has 2 amide bonds. The molecular formula is C16H29ClN2O. The third-order valence-corrected chi connectivity index (χ3v) is 5.14. The molecule has 2 aliphatic rings. The zero-order valence-electron chi connectivity index (χ0n) is 12.5. The monoisotopic (exact) mass is 300 g/mol. The van der Waals surface area contributed by atoms with E-state index in [2.05, 4.69) is 10.6 Å². The van der Waals surface area contributed by atoms with Crippen LogP contribution in [0, 0.1) is 11.8 Å². The average Bonchev–Trinajstić information content (AvgIpc) is 2.48. The first-order valence-electron chi connectivity index (χ1n) is 8.38. The van der Waals surface area contributed by atoms with Gasteiger partial charge in [0.05, 0.1) is 0 Å². The molecule has 2 rings (SSSR count). The van der Waals surface area contributed by atoms with Gasteiger partial charge in [-0.15, -0.1) is 11.6 Å². The molecular weight excluding hydrogens is 272 g/mol. The minimum atomic E-state index is -0.0543. The summed E-state index contributed by atoms with van der Waals surface area (Å²) in [5.41, 5.74) is 0. The average molecular weight is 301 g/mol. The lowest BCUT2D eigenvalue weighted by atomic mass is 9.76. The van der Waals surface area contributed by atoms with E-state index in [1.807, 2.05) is 0 Å². The van der Waals surface area contributed by atoms with E-state index in [0.29, 0.717) is 18.5 Å². The van der Waals surface area contributed by atoms with Gasteiger partial charge in [-0.05, 0) is 43.9 Å². The van der Waals surface area contributed by atoms with Crippen LogP contribution in [0.1, 0.15) is 64.2 Å². The summed E-state index contributed by atoms with van der Waals surface area (Å²) in [6, 6.07) is 0.314. The lowest BCUT2D eigenvalue weighted by molar-refractivity contribution is 0.210. The highest BCUT2D eigenvalue weighted by Crippen LogP contribution is 2.35. The molecule has 0 atom stereocenters. The molecule has 2 aliphatic carbocycles. The molecule has 0 radical (unpaired) electrons. The SMILES string of the molecule is O=C(NCCCl)NC1CCC(CC2CCCCC2)CC1. The molecule has 2 N–H and O–H groups in total. The number of carbonyl (C=O) groups is 1. The van der Waals surface area contributed by atoms with Crippen LogP contribution in [0.2, 0.25) is 0 Å². The molecule has 0 aliphatic heterocycles. The zero-order valence-corrected chi connectivity index (χ0v) is 13.3. The topological polar surface area (TPSA) is 41.1 Å². The van der Waals surface area contributed by atoms with Gasteiger partial charge in [-0.25, -0.2) is 4.79 Å². The van der Waals surface area contributed by atoms with Crippen molar-refractivity contribution in [1.29, 1.82) is 0 Å². The highest BCUT2D eigenvalue weighted by Gasteiger charge is 2.25. The van der Waals surface area contributed by atoms with Gasteiger partial charge in [0.2, 0.25) is 0 Å². The molecule has 0 aromatic heterocycles. The van der Waals surface area contributed by atoms with Crippen molar-refractivity contribution in [2.45, 2.75) is 70.3 Å². The van der Waals surface area contributed by atoms with Crippen molar-refractivity contribution in [3.8, 4) is 0 Å². The maximum absolute atomic E-state index is 11.6. The van der Waals surface area contributed by atoms with Gasteiger partial charge in [0, 0.05) is 18.5 Å². The molecule has 0 aromatic rings. The molecule has 116 valence electrons. The van der Waals surface area contributed by atoms with Crippen LogP contribution in [-0.2, 0) is 0 Å². The van der Waals surface area contributed by atoms with Crippen LogP contribution in [-0.4, -0.2) is 24.5 Å². The van der Waals surface area contributed by atoms with Crippen molar-refractivity contribution in [1.82, 2.24) is 10.6 Å². The van der Waals surface area contributed by atoms with Gasteiger partial charge >= 0.3 is 6.03 Å². The summed E-state index contributed by atoms with van der Waals surface area (Å²) in [5.74, 6) is 2.37. The Kier molecular flexibility index (Phi) is 6.98. The first-order valence-corrected chi connectivity index (χ1v) is 8.91. The zero-order chi connectivity index (χ0) is 14.2. The van der Waals surface area contributed by atoms with Crippen LogP contribution >= 0.6 is 11.6 Å². The van der Waals surface area contributed by atoms with E-state index >= 15 is 0 Å². The standard InChI is InChI=1S/C16H29ClN2O/c17-10-11-18-16(20)19-15-8-6-14(7-9-15)12-13-4-2-1-3-5-13/h13-15H,1-12H2,(H2,18,19,20). The third-order valence-electron chi connectivity index (χ3n) is 4.95. The minimum absolute atomic E-state index is 0.0543. The quantitative estimate of drug-likeness (QED) is 0.739.